The molecule has 0 amide bonds. The van der Waals surface area contributed by atoms with Crippen LogP contribution < -0.4 is 0 Å². The molecule has 0 aromatic heterocycles. The maximum atomic E-state index is 14.1. The van der Waals surface area contributed by atoms with Gasteiger partial charge >= 0.3 is 0 Å². The molecule has 0 aliphatic heterocycles. The molecule has 0 bridgehead atoms. The Morgan fingerprint density at radius 2 is 1.89 bits per heavy atom. The summed E-state index contributed by atoms with van der Waals surface area (Å²) in [5.41, 5.74) is 4.01. The molecule has 0 fully saturated rings. The first-order chi connectivity index (χ1) is 9.13. The van der Waals surface area contributed by atoms with Gasteiger partial charge in [-0.25, -0.2) is 4.39 Å². The quantitative estimate of drug-likeness (QED) is 0.597. The molecule has 0 N–H and O–H groups in total. The Labute approximate surface area is 112 Å². The monoisotopic (exact) mass is 257 g/mol. The van der Waals surface area contributed by atoms with Gasteiger partial charge in [0.05, 0.1) is 5.71 Å². The largest absolute Gasteiger partial charge is 0.399 e. The van der Waals surface area contributed by atoms with Gasteiger partial charge < -0.3 is 4.84 Å². The molecular weight excluding hydrogens is 241 g/mol. The minimum atomic E-state index is -0.293. The highest BCUT2D eigenvalue weighted by atomic mass is 19.1. The predicted octanol–water partition coefficient (Wildman–Crippen LogP) is 4.17. The summed E-state index contributed by atoms with van der Waals surface area (Å²) < 4.78 is 14.1. The molecular formula is C16H16FNO. The lowest BCUT2D eigenvalue weighted by Gasteiger charge is -2.08. The molecule has 98 valence electrons. The number of halogens is 1. The van der Waals surface area contributed by atoms with Crippen molar-refractivity contribution in [3.05, 3.63) is 59.4 Å². The van der Waals surface area contributed by atoms with E-state index in [1.54, 1.807) is 13.0 Å². The Morgan fingerprint density at radius 1 is 1.16 bits per heavy atom. The van der Waals surface area contributed by atoms with Gasteiger partial charge in [0.1, 0.15) is 12.9 Å². The smallest absolute Gasteiger partial charge is 0.132 e. The third kappa shape index (κ3) is 2.81. The number of hydrogen-bond donors (Lipinski definition) is 0. The third-order valence-electron chi connectivity index (χ3n) is 3.04. The normalized spacial score (nSPS) is 11.5. The molecule has 0 aliphatic carbocycles. The minimum absolute atomic E-state index is 0.293. The van der Waals surface area contributed by atoms with Crippen LogP contribution >= 0.6 is 0 Å². The summed E-state index contributed by atoms with van der Waals surface area (Å²) in [4.78, 5) is 4.67. The van der Waals surface area contributed by atoms with E-state index < -0.39 is 0 Å². The Kier molecular flexibility index (Phi) is 3.95. The van der Waals surface area contributed by atoms with Crippen LogP contribution in [0.4, 0.5) is 4.39 Å². The van der Waals surface area contributed by atoms with Gasteiger partial charge in [0.15, 0.2) is 0 Å². The molecule has 0 heterocycles. The van der Waals surface area contributed by atoms with Gasteiger partial charge in [-0.3, -0.25) is 0 Å². The van der Waals surface area contributed by atoms with Gasteiger partial charge in [-0.1, -0.05) is 35.5 Å². The van der Waals surface area contributed by atoms with Crippen LogP contribution in [0.15, 0.2) is 47.6 Å². The van der Waals surface area contributed by atoms with Crippen molar-refractivity contribution < 1.29 is 9.23 Å². The van der Waals surface area contributed by atoms with Crippen LogP contribution in [0.3, 0.4) is 0 Å². The second-order valence-electron chi connectivity index (χ2n) is 4.37. The van der Waals surface area contributed by atoms with Crippen molar-refractivity contribution >= 4 is 5.71 Å². The third-order valence-corrected chi connectivity index (χ3v) is 3.04. The fraction of sp³-hybridized carbons (Fsp3) is 0.188. The molecule has 0 unspecified atom stereocenters. The summed E-state index contributed by atoms with van der Waals surface area (Å²) in [5.74, 6) is -0.293. The summed E-state index contributed by atoms with van der Waals surface area (Å²) in [7, 11) is 1.45. The molecule has 0 radical (unpaired) electrons. The highest BCUT2D eigenvalue weighted by Gasteiger charge is 2.09. The summed E-state index contributed by atoms with van der Waals surface area (Å²) in [6.07, 6.45) is 0. The van der Waals surface area contributed by atoms with E-state index in [0.717, 1.165) is 16.7 Å². The average molecular weight is 257 g/mol. The van der Waals surface area contributed by atoms with Crippen LogP contribution in [0, 0.1) is 12.7 Å². The van der Waals surface area contributed by atoms with Crippen molar-refractivity contribution in [2.75, 3.05) is 7.11 Å². The Hall–Kier alpha value is -2.16. The van der Waals surface area contributed by atoms with E-state index in [0.29, 0.717) is 11.3 Å². The van der Waals surface area contributed by atoms with Crippen molar-refractivity contribution in [3.63, 3.8) is 0 Å². The van der Waals surface area contributed by atoms with E-state index in [-0.39, 0.29) is 5.82 Å². The fourth-order valence-electron chi connectivity index (χ4n) is 2.06. The van der Waals surface area contributed by atoms with Gasteiger partial charge in [0.2, 0.25) is 0 Å². The van der Waals surface area contributed by atoms with Crippen LogP contribution in [-0.4, -0.2) is 12.8 Å². The van der Waals surface area contributed by atoms with Crippen molar-refractivity contribution in [1.82, 2.24) is 0 Å². The van der Waals surface area contributed by atoms with Crippen LogP contribution in [-0.2, 0) is 4.84 Å². The lowest BCUT2D eigenvalue weighted by atomic mass is 9.98. The topological polar surface area (TPSA) is 21.6 Å². The number of aryl methyl sites for hydroxylation is 1. The Morgan fingerprint density at radius 3 is 2.53 bits per heavy atom. The first-order valence-electron chi connectivity index (χ1n) is 6.07. The summed E-state index contributed by atoms with van der Waals surface area (Å²) in [6.45, 7) is 3.73. The molecule has 2 nitrogen and oxygen atoms in total. The maximum absolute atomic E-state index is 14.1. The molecule has 0 saturated carbocycles. The second kappa shape index (κ2) is 5.65. The molecule has 3 heteroatoms. The molecule has 2 aromatic rings. The first kappa shape index (κ1) is 13.3. The lowest BCUT2D eigenvalue weighted by Crippen LogP contribution is -2.00. The van der Waals surface area contributed by atoms with Crippen molar-refractivity contribution in [2.45, 2.75) is 13.8 Å². The lowest BCUT2D eigenvalue weighted by molar-refractivity contribution is 0.213. The van der Waals surface area contributed by atoms with Gasteiger partial charge in [0, 0.05) is 5.56 Å². The number of benzene rings is 2. The first-order valence-corrected chi connectivity index (χ1v) is 6.07. The van der Waals surface area contributed by atoms with E-state index in [9.17, 15) is 4.39 Å². The maximum Gasteiger partial charge on any atom is 0.132 e. The molecule has 19 heavy (non-hydrogen) atoms. The highest BCUT2D eigenvalue weighted by Crippen LogP contribution is 2.25. The van der Waals surface area contributed by atoms with Gasteiger partial charge in [-0.05, 0) is 42.7 Å². The standard InChI is InChI=1S/C16H16FNO/c1-11-6-4-5-7-14(11)13-8-9-15(16(17)10-13)12(2)18-19-3/h4-10H,1-3H3. The fourth-order valence-corrected chi connectivity index (χ4v) is 2.06. The van der Waals surface area contributed by atoms with Crippen molar-refractivity contribution in [3.8, 4) is 11.1 Å². The van der Waals surface area contributed by atoms with Crippen LogP contribution in [0.25, 0.3) is 11.1 Å². The minimum Gasteiger partial charge on any atom is -0.399 e. The van der Waals surface area contributed by atoms with E-state index in [1.165, 1.54) is 13.2 Å². The summed E-state index contributed by atoms with van der Waals surface area (Å²) >= 11 is 0. The van der Waals surface area contributed by atoms with Crippen LogP contribution in [0.5, 0.6) is 0 Å². The van der Waals surface area contributed by atoms with Crippen LogP contribution in [0.2, 0.25) is 0 Å². The number of rotatable bonds is 3. The van der Waals surface area contributed by atoms with Crippen LogP contribution in [0.1, 0.15) is 18.1 Å². The molecule has 0 aliphatic rings. The Balaban J connectivity index is 2.45. The van der Waals surface area contributed by atoms with E-state index in [1.807, 2.05) is 37.3 Å². The average Bonchev–Trinajstić information content (AvgIpc) is 2.39. The second-order valence-corrected chi connectivity index (χ2v) is 4.37. The molecule has 0 spiro atoms. The van der Waals surface area contributed by atoms with Gasteiger partial charge in [-0.2, -0.15) is 0 Å². The number of hydrogen-bond acceptors (Lipinski definition) is 2. The zero-order valence-electron chi connectivity index (χ0n) is 11.3. The zero-order chi connectivity index (χ0) is 13.8. The van der Waals surface area contributed by atoms with Gasteiger partial charge in [-0.15, -0.1) is 0 Å². The molecule has 2 aromatic carbocycles. The molecule has 0 atom stereocenters. The SMILES string of the molecule is CON=C(C)c1ccc(-c2ccccc2C)cc1F. The Bertz CT molecular complexity index is 620. The number of oxime groups is 1. The van der Waals surface area contributed by atoms with E-state index in [2.05, 4.69) is 9.99 Å². The molecule has 0 saturated heterocycles. The summed E-state index contributed by atoms with van der Waals surface area (Å²) in [5, 5.41) is 3.75. The van der Waals surface area contributed by atoms with Gasteiger partial charge in [0.25, 0.3) is 0 Å². The van der Waals surface area contributed by atoms with Crippen molar-refractivity contribution in [2.24, 2.45) is 5.16 Å². The highest BCUT2D eigenvalue weighted by molar-refractivity contribution is 5.99. The molecule has 2 rings (SSSR count). The predicted molar refractivity (Wildman–Crippen MR) is 75.8 cm³/mol. The van der Waals surface area contributed by atoms with Crippen molar-refractivity contribution in [1.29, 1.82) is 0 Å². The zero-order valence-corrected chi connectivity index (χ0v) is 11.3. The van der Waals surface area contributed by atoms with E-state index >= 15 is 0 Å². The summed E-state index contributed by atoms with van der Waals surface area (Å²) in [6, 6.07) is 13.1. The number of nitrogens with zero attached hydrogens (tertiary/aromatic N) is 1. The van der Waals surface area contributed by atoms with E-state index in [4.69, 9.17) is 0 Å².